The van der Waals surface area contributed by atoms with Crippen LogP contribution in [0, 0.1) is 18.3 Å². The fourth-order valence-corrected chi connectivity index (χ4v) is 2.71. The first-order chi connectivity index (χ1) is 8.61. The molecule has 0 bridgehead atoms. The van der Waals surface area contributed by atoms with Crippen molar-refractivity contribution in [1.29, 1.82) is 5.26 Å². The Morgan fingerprint density at radius 2 is 1.94 bits per heavy atom. The molecule has 1 saturated carbocycles. The molecular formula is C15H21N3. The molecule has 0 radical (unpaired) electrons. The second kappa shape index (κ2) is 5.41. The van der Waals surface area contributed by atoms with E-state index in [1.165, 1.54) is 5.56 Å². The van der Waals surface area contributed by atoms with E-state index >= 15 is 0 Å². The Balaban J connectivity index is 2.20. The SMILES string of the molecule is Cc1ccc(C#N)c(N(C)C2CCC(N)CC2)c1. The van der Waals surface area contributed by atoms with E-state index in [0.29, 0.717) is 12.1 Å². The van der Waals surface area contributed by atoms with Gasteiger partial charge in [-0.25, -0.2) is 0 Å². The van der Waals surface area contributed by atoms with Crippen LogP contribution in [0.3, 0.4) is 0 Å². The molecule has 3 heteroatoms. The highest BCUT2D eigenvalue weighted by molar-refractivity contribution is 5.60. The van der Waals surface area contributed by atoms with Gasteiger partial charge in [-0.15, -0.1) is 0 Å². The lowest BCUT2D eigenvalue weighted by atomic mass is 9.90. The van der Waals surface area contributed by atoms with Crippen molar-refractivity contribution >= 4 is 5.69 Å². The van der Waals surface area contributed by atoms with Gasteiger partial charge in [0.05, 0.1) is 11.3 Å². The molecule has 0 atom stereocenters. The molecule has 1 aliphatic carbocycles. The van der Waals surface area contributed by atoms with Gasteiger partial charge in [0.2, 0.25) is 0 Å². The highest BCUT2D eigenvalue weighted by Gasteiger charge is 2.23. The zero-order valence-corrected chi connectivity index (χ0v) is 11.2. The monoisotopic (exact) mass is 243 g/mol. The number of aryl methyl sites for hydroxylation is 1. The van der Waals surface area contributed by atoms with E-state index < -0.39 is 0 Å². The summed E-state index contributed by atoms with van der Waals surface area (Å²) in [5.74, 6) is 0. The van der Waals surface area contributed by atoms with E-state index in [1.54, 1.807) is 0 Å². The van der Waals surface area contributed by atoms with Gasteiger partial charge in [0.1, 0.15) is 6.07 Å². The summed E-state index contributed by atoms with van der Waals surface area (Å²) in [5.41, 5.74) is 8.96. The van der Waals surface area contributed by atoms with Crippen molar-refractivity contribution in [3.05, 3.63) is 29.3 Å². The summed E-state index contributed by atoms with van der Waals surface area (Å²) >= 11 is 0. The van der Waals surface area contributed by atoms with Gasteiger partial charge in [-0.05, 0) is 50.3 Å². The maximum absolute atomic E-state index is 9.20. The van der Waals surface area contributed by atoms with Crippen LogP contribution in [0.25, 0.3) is 0 Å². The van der Waals surface area contributed by atoms with Crippen LogP contribution in [0.1, 0.15) is 36.8 Å². The second-order valence-electron chi connectivity index (χ2n) is 5.31. The van der Waals surface area contributed by atoms with Crippen molar-refractivity contribution in [3.8, 4) is 6.07 Å². The molecule has 0 aromatic heterocycles. The Morgan fingerprint density at radius 3 is 2.56 bits per heavy atom. The number of hydrogen-bond donors (Lipinski definition) is 1. The first-order valence-corrected chi connectivity index (χ1v) is 6.61. The number of nitrogens with two attached hydrogens (primary N) is 1. The lowest BCUT2D eigenvalue weighted by Gasteiger charge is -2.35. The van der Waals surface area contributed by atoms with E-state index in [9.17, 15) is 5.26 Å². The molecule has 0 saturated heterocycles. The van der Waals surface area contributed by atoms with Crippen LogP contribution in [-0.2, 0) is 0 Å². The predicted molar refractivity (Wildman–Crippen MR) is 74.5 cm³/mol. The zero-order chi connectivity index (χ0) is 13.1. The van der Waals surface area contributed by atoms with E-state index in [0.717, 1.165) is 36.9 Å². The van der Waals surface area contributed by atoms with Crippen LogP contribution in [0.2, 0.25) is 0 Å². The number of nitrogens with zero attached hydrogens (tertiary/aromatic N) is 2. The van der Waals surface area contributed by atoms with Crippen molar-refractivity contribution in [2.75, 3.05) is 11.9 Å². The largest absolute Gasteiger partial charge is 0.371 e. The third kappa shape index (κ3) is 2.65. The molecule has 2 rings (SSSR count). The zero-order valence-electron chi connectivity index (χ0n) is 11.2. The Kier molecular flexibility index (Phi) is 3.88. The van der Waals surface area contributed by atoms with Gasteiger partial charge in [-0.2, -0.15) is 5.26 Å². The summed E-state index contributed by atoms with van der Waals surface area (Å²) in [6.07, 6.45) is 4.42. The average Bonchev–Trinajstić information content (AvgIpc) is 2.39. The van der Waals surface area contributed by atoms with Crippen molar-refractivity contribution < 1.29 is 0 Å². The second-order valence-corrected chi connectivity index (χ2v) is 5.31. The summed E-state index contributed by atoms with van der Waals surface area (Å²) in [7, 11) is 2.09. The van der Waals surface area contributed by atoms with E-state index in [1.807, 2.05) is 12.1 Å². The topological polar surface area (TPSA) is 53.0 Å². The first-order valence-electron chi connectivity index (χ1n) is 6.61. The highest BCUT2D eigenvalue weighted by Crippen LogP contribution is 2.28. The smallest absolute Gasteiger partial charge is 0.101 e. The summed E-state index contributed by atoms with van der Waals surface area (Å²) in [6.45, 7) is 2.06. The summed E-state index contributed by atoms with van der Waals surface area (Å²) in [6, 6.07) is 9.17. The molecule has 3 nitrogen and oxygen atoms in total. The molecule has 1 fully saturated rings. The van der Waals surface area contributed by atoms with Crippen LogP contribution in [0.4, 0.5) is 5.69 Å². The van der Waals surface area contributed by atoms with Crippen LogP contribution in [0.15, 0.2) is 18.2 Å². The van der Waals surface area contributed by atoms with Gasteiger partial charge >= 0.3 is 0 Å². The van der Waals surface area contributed by atoms with Crippen LogP contribution < -0.4 is 10.6 Å². The number of hydrogen-bond acceptors (Lipinski definition) is 3. The number of nitriles is 1. The van der Waals surface area contributed by atoms with E-state index in [-0.39, 0.29) is 0 Å². The van der Waals surface area contributed by atoms with Gasteiger partial charge < -0.3 is 10.6 Å². The molecule has 0 aliphatic heterocycles. The molecule has 1 aromatic carbocycles. The minimum absolute atomic E-state index is 0.364. The summed E-state index contributed by atoms with van der Waals surface area (Å²) < 4.78 is 0. The quantitative estimate of drug-likeness (QED) is 0.868. The third-order valence-corrected chi connectivity index (χ3v) is 3.94. The van der Waals surface area contributed by atoms with Crippen molar-refractivity contribution in [2.24, 2.45) is 5.73 Å². The molecular weight excluding hydrogens is 222 g/mol. The Hall–Kier alpha value is -1.53. The van der Waals surface area contributed by atoms with E-state index in [4.69, 9.17) is 5.73 Å². The van der Waals surface area contributed by atoms with Crippen LogP contribution >= 0.6 is 0 Å². The molecule has 0 unspecified atom stereocenters. The van der Waals surface area contributed by atoms with Gasteiger partial charge in [-0.3, -0.25) is 0 Å². The Bertz CT molecular complexity index is 453. The molecule has 0 spiro atoms. The van der Waals surface area contributed by atoms with Crippen molar-refractivity contribution in [1.82, 2.24) is 0 Å². The lowest BCUT2D eigenvalue weighted by molar-refractivity contribution is 0.385. The van der Waals surface area contributed by atoms with Gasteiger partial charge in [0.15, 0.2) is 0 Å². The maximum atomic E-state index is 9.20. The lowest BCUT2D eigenvalue weighted by Crippen LogP contribution is -2.39. The van der Waals surface area contributed by atoms with Gasteiger partial charge in [-0.1, -0.05) is 6.07 Å². The molecule has 18 heavy (non-hydrogen) atoms. The fourth-order valence-electron chi connectivity index (χ4n) is 2.71. The standard InChI is InChI=1S/C15H21N3/c1-11-3-4-12(10-16)15(9-11)18(2)14-7-5-13(17)6-8-14/h3-4,9,13-14H,5-8,17H2,1-2H3. The third-order valence-electron chi connectivity index (χ3n) is 3.94. The van der Waals surface area contributed by atoms with Gasteiger partial charge in [0, 0.05) is 19.1 Å². The molecule has 96 valence electrons. The fraction of sp³-hybridized carbons (Fsp3) is 0.533. The summed E-state index contributed by atoms with van der Waals surface area (Å²) in [4.78, 5) is 2.26. The summed E-state index contributed by atoms with van der Waals surface area (Å²) in [5, 5.41) is 9.20. The molecule has 2 N–H and O–H groups in total. The van der Waals surface area contributed by atoms with Crippen molar-refractivity contribution in [2.45, 2.75) is 44.7 Å². The maximum Gasteiger partial charge on any atom is 0.101 e. The Labute approximate surface area is 109 Å². The number of rotatable bonds is 2. The highest BCUT2D eigenvalue weighted by atomic mass is 15.1. The molecule has 1 aliphatic rings. The number of anilines is 1. The minimum Gasteiger partial charge on any atom is -0.371 e. The van der Waals surface area contributed by atoms with E-state index in [2.05, 4.69) is 31.0 Å². The van der Waals surface area contributed by atoms with Crippen molar-refractivity contribution in [3.63, 3.8) is 0 Å². The molecule has 1 aromatic rings. The predicted octanol–water partition coefficient (Wildman–Crippen LogP) is 2.57. The van der Waals surface area contributed by atoms with Crippen LogP contribution in [-0.4, -0.2) is 19.1 Å². The minimum atomic E-state index is 0.364. The van der Waals surface area contributed by atoms with Gasteiger partial charge in [0.25, 0.3) is 0 Å². The first kappa shape index (κ1) is 12.9. The normalized spacial score (nSPS) is 23.4. The molecule has 0 heterocycles. The molecule has 0 amide bonds. The Morgan fingerprint density at radius 1 is 1.28 bits per heavy atom. The number of benzene rings is 1. The van der Waals surface area contributed by atoms with Crippen LogP contribution in [0.5, 0.6) is 0 Å². The average molecular weight is 243 g/mol.